The standard InChI is InChI=1S/C32H34O12/c1-31(2,41)17-4-5-32(3)12-16(17)25-23(44-32)11-18(33)15-10-24(42-30(40)14-8-21(36)27(39)22(37)9-14)28(43-29(15)25)13-6-19(34)26(38)20(35)7-13/h6-9,11,16-17,24,28,33-39,41H,4-5,10,12H2,1-3H3/t16-,17-,24-,28-,32+/m1/s1. The Kier molecular flexibility index (Phi) is 6.62. The number of esters is 1. The molecular formula is C32H34O12. The van der Waals surface area contributed by atoms with Gasteiger partial charge in [-0.2, -0.15) is 0 Å². The smallest absolute Gasteiger partial charge is 0.338 e. The summed E-state index contributed by atoms with van der Waals surface area (Å²) in [6.07, 6.45) is -0.563. The molecule has 0 spiro atoms. The van der Waals surface area contributed by atoms with E-state index in [0.29, 0.717) is 36.1 Å². The van der Waals surface area contributed by atoms with Gasteiger partial charge >= 0.3 is 5.97 Å². The van der Waals surface area contributed by atoms with Crippen molar-refractivity contribution in [2.24, 2.45) is 5.92 Å². The number of rotatable bonds is 4. The minimum atomic E-state index is -1.20. The average Bonchev–Trinajstić information content (AvgIpc) is 2.93. The Morgan fingerprint density at radius 2 is 1.50 bits per heavy atom. The number of ether oxygens (including phenoxy) is 3. The van der Waals surface area contributed by atoms with E-state index >= 15 is 0 Å². The maximum Gasteiger partial charge on any atom is 0.338 e. The molecule has 12 heteroatoms. The van der Waals surface area contributed by atoms with E-state index in [2.05, 4.69) is 0 Å². The molecule has 1 aliphatic carbocycles. The molecule has 2 aliphatic heterocycles. The number of aliphatic hydroxyl groups is 1. The molecule has 234 valence electrons. The quantitative estimate of drug-likeness (QED) is 0.153. The molecule has 1 fully saturated rings. The molecule has 0 radical (unpaired) electrons. The van der Waals surface area contributed by atoms with Crippen LogP contribution in [-0.4, -0.2) is 64.1 Å². The number of phenols is 7. The third kappa shape index (κ3) is 4.79. The summed E-state index contributed by atoms with van der Waals surface area (Å²) in [5.74, 6) is -5.34. The number of carbonyl (C=O) groups is 1. The third-order valence-corrected chi connectivity index (χ3v) is 9.09. The molecule has 5 atom stereocenters. The second-order valence-electron chi connectivity index (χ2n) is 12.7. The molecule has 2 heterocycles. The van der Waals surface area contributed by atoms with Crippen LogP contribution in [0.3, 0.4) is 0 Å². The zero-order valence-electron chi connectivity index (χ0n) is 24.2. The van der Waals surface area contributed by atoms with Gasteiger partial charge < -0.3 is 55.1 Å². The van der Waals surface area contributed by atoms with Gasteiger partial charge in [-0.05, 0) is 70.2 Å². The Hall–Kier alpha value is -4.71. The molecule has 0 amide bonds. The third-order valence-electron chi connectivity index (χ3n) is 9.09. The first kappa shape index (κ1) is 29.4. The second-order valence-corrected chi connectivity index (χ2v) is 12.7. The van der Waals surface area contributed by atoms with Crippen LogP contribution in [0.5, 0.6) is 51.7 Å². The number of carbonyl (C=O) groups excluding carboxylic acids is 1. The fourth-order valence-corrected chi connectivity index (χ4v) is 6.94. The Balaban J connectivity index is 1.48. The summed E-state index contributed by atoms with van der Waals surface area (Å²) in [5.41, 5.74) is -0.809. The Morgan fingerprint density at radius 1 is 0.909 bits per heavy atom. The minimum absolute atomic E-state index is 0.111. The van der Waals surface area contributed by atoms with Gasteiger partial charge in [-0.15, -0.1) is 0 Å². The summed E-state index contributed by atoms with van der Waals surface area (Å²) < 4.78 is 18.7. The summed E-state index contributed by atoms with van der Waals surface area (Å²) in [6.45, 7) is 5.49. The van der Waals surface area contributed by atoms with Crippen LogP contribution in [0.1, 0.15) is 79.1 Å². The monoisotopic (exact) mass is 610 g/mol. The molecule has 2 bridgehead atoms. The van der Waals surface area contributed by atoms with E-state index in [1.165, 1.54) is 6.07 Å². The zero-order valence-corrected chi connectivity index (χ0v) is 24.2. The number of hydrogen-bond donors (Lipinski definition) is 8. The first-order valence-corrected chi connectivity index (χ1v) is 14.2. The fourth-order valence-electron chi connectivity index (χ4n) is 6.94. The lowest BCUT2D eigenvalue weighted by atomic mass is 9.62. The van der Waals surface area contributed by atoms with Gasteiger partial charge in [-0.1, -0.05) is 0 Å². The van der Waals surface area contributed by atoms with Gasteiger partial charge in [0.25, 0.3) is 0 Å². The SMILES string of the molecule is CC(C)(O)[C@@H]1CC[C@@]2(C)C[C@H]1c1c(cc(O)c3c1O[C@H](c1cc(O)c(O)c(O)c1)[C@H](OC(=O)c1cc(O)c(O)c(O)c1)C3)O2. The Morgan fingerprint density at radius 3 is 2.09 bits per heavy atom. The highest BCUT2D eigenvalue weighted by Gasteiger charge is 2.52. The van der Waals surface area contributed by atoms with Crippen LogP contribution < -0.4 is 9.47 Å². The summed E-state index contributed by atoms with van der Waals surface area (Å²) in [5, 5.41) is 82.4. The summed E-state index contributed by atoms with van der Waals surface area (Å²) in [7, 11) is 0. The molecule has 1 saturated carbocycles. The van der Waals surface area contributed by atoms with Crippen molar-refractivity contribution in [2.75, 3.05) is 0 Å². The lowest BCUT2D eigenvalue weighted by Crippen LogP contribution is -2.49. The molecule has 3 aliphatic rings. The van der Waals surface area contributed by atoms with E-state index in [1.807, 2.05) is 6.92 Å². The molecule has 0 saturated heterocycles. The molecule has 3 aromatic carbocycles. The number of benzene rings is 3. The fraction of sp³-hybridized carbons (Fsp3) is 0.406. The highest BCUT2D eigenvalue weighted by molar-refractivity contribution is 5.91. The number of phenolic OH excluding ortho intramolecular Hbond substituents is 7. The molecular weight excluding hydrogens is 576 g/mol. The zero-order chi connectivity index (χ0) is 31.9. The first-order valence-electron chi connectivity index (χ1n) is 14.2. The molecule has 0 aromatic heterocycles. The maximum atomic E-state index is 13.2. The predicted octanol–water partition coefficient (Wildman–Crippen LogP) is 4.33. The van der Waals surface area contributed by atoms with Gasteiger partial charge in [0.1, 0.15) is 29.0 Å². The van der Waals surface area contributed by atoms with Gasteiger partial charge in [-0.3, -0.25) is 0 Å². The van der Waals surface area contributed by atoms with Crippen molar-refractivity contribution < 1.29 is 59.9 Å². The van der Waals surface area contributed by atoms with Crippen molar-refractivity contribution in [3.05, 3.63) is 52.6 Å². The molecule has 3 aromatic rings. The van der Waals surface area contributed by atoms with E-state index < -0.39 is 63.9 Å². The van der Waals surface area contributed by atoms with Crippen molar-refractivity contribution in [2.45, 2.75) is 75.8 Å². The Labute approximate surface area is 251 Å². The molecule has 6 rings (SSSR count). The molecule has 8 N–H and O–H groups in total. The average molecular weight is 611 g/mol. The summed E-state index contributed by atoms with van der Waals surface area (Å²) in [6, 6.07) is 5.59. The van der Waals surface area contributed by atoms with Gasteiger partial charge in [0.2, 0.25) is 0 Å². The van der Waals surface area contributed by atoms with Gasteiger partial charge in [0.05, 0.1) is 11.2 Å². The maximum absolute atomic E-state index is 13.2. The topological polar surface area (TPSA) is 207 Å². The van der Waals surface area contributed by atoms with E-state index in [-0.39, 0.29) is 40.9 Å². The molecule has 12 nitrogen and oxygen atoms in total. The van der Waals surface area contributed by atoms with Crippen molar-refractivity contribution in [1.29, 1.82) is 0 Å². The van der Waals surface area contributed by atoms with Crippen LogP contribution in [0.2, 0.25) is 0 Å². The van der Waals surface area contributed by atoms with Crippen LogP contribution in [0, 0.1) is 5.92 Å². The molecule has 44 heavy (non-hydrogen) atoms. The van der Waals surface area contributed by atoms with E-state index in [1.54, 1.807) is 13.8 Å². The first-order chi connectivity index (χ1) is 20.6. The number of fused-ring (bicyclic) bond motifs is 6. The second kappa shape index (κ2) is 9.91. The largest absolute Gasteiger partial charge is 0.507 e. The predicted molar refractivity (Wildman–Crippen MR) is 153 cm³/mol. The van der Waals surface area contributed by atoms with Gasteiger partial charge in [0.15, 0.2) is 40.6 Å². The summed E-state index contributed by atoms with van der Waals surface area (Å²) >= 11 is 0. The van der Waals surface area contributed by atoms with Crippen molar-refractivity contribution >= 4 is 5.97 Å². The number of hydrogen-bond acceptors (Lipinski definition) is 12. The highest BCUT2D eigenvalue weighted by atomic mass is 16.6. The Bertz CT molecular complexity index is 1630. The van der Waals surface area contributed by atoms with Gasteiger partial charge in [0, 0.05) is 35.1 Å². The van der Waals surface area contributed by atoms with E-state index in [4.69, 9.17) is 14.2 Å². The minimum Gasteiger partial charge on any atom is -0.507 e. The highest BCUT2D eigenvalue weighted by Crippen LogP contribution is 2.60. The van der Waals surface area contributed by atoms with Crippen molar-refractivity contribution in [3.63, 3.8) is 0 Å². The van der Waals surface area contributed by atoms with Crippen LogP contribution >= 0.6 is 0 Å². The van der Waals surface area contributed by atoms with Crippen LogP contribution in [0.25, 0.3) is 0 Å². The van der Waals surface area contributed by atoms with Gasteiger partial charge in [-0.25, -0.2) is 4.79 Å². The van der Waals surface area contributed by atoms with Crippen LogP contribution in [-0.2, 0) is 11.2 Å². The lowest BCUT2D eigenvalue weighted by Gasteiger charge is -2.51. The normalized spacial score (nSPS) is 25.6. The summed E-state index contributed by atoms with van der Waals surface area (Å²) in [4.78, 5) is 13.2. The van der Waals surface area contributed by atoms with Crippen LogP contribution in [0.4, 0.5) is 0 Å². The number of aromatic hydroxyl groups is 7. The van der Waals surface area contributed by atoms with E-state index in [9.17, 15) is 45.6 Å². The van der Waals surface area contributed by atoms with Crippen molar-refractivity contribution in [3.8, 4) is 51.7 Å². The molecule has 0 unspecified atom stereocenters. The van der Waals surface area contributed by atoms with E-state index in [0.717, 1.165) is 24.3 Å². The van der Waals surface area contributed by atoms with Crippen molar-refractivity contribution in [1.82, 2.24) is 0 Å². The van der Waals surface area contributed by atoms with Crippen LogP contribution in [0.15, 0.2) is 30.3 Å². The lowest BCUT2D eigenvalue weighted by molar-refractivity contribution is -0.0685.